The van der Waals surface area contributed by atoms with E-state index in [1.807, 2.05) is 10.6 Å². The van der Waals surface area contributed by atoms with Gasteiger partial charge < -0.3 is 15.2 Å². The SMILES string of the molecule is NC(=O)CC[NH+]1C[C@@H]2C[C@H](C1)c1cccc(=O)n1C2. The molecule has 0 aliphatic carbocycles. The first-order valence-electron chi connectivity index (χ1n) is 6.95. The first-order chi connectivity index (χ1) is 9.13. The molecule has 0 saturated carbocycles. The molecule has 3 rings (SSSR count). The van der Waals surface area contributed by atoms with Gasteiger partial charge in [0, 0.05) is 30.1 Å². The second-order valence-corrected chi connectivity index (χ2v) is 5.82. The molecule has 1 unspecified atom stereocenters. The number of pyridine rings is 1. The number of carbonyl (C=O) groups is 1. The highest BCUT2D eigenvalue weighted by molar-refractivity contribution is 5.73. The predicted molar refractivity (Wildman–Crippen MR) is 70.9 cm³/mol. The van der Waals surface area contributed by atoms with E-state index in [-0.39, 0.29) is 11.5 Å². The third kappa shape index (κ3) is 2.42. The van der Waals surface area contributed by atoms with Crippen molar-refractivity contribution in [3.63, 3.8) is 0 Å². The Bertz CT molecular complexity index is 552. The summed E-state index contributed by atoms with van der Waals surface area (Å²) in [5.41, 5.74) is 6.51. The maximum Gasteiger partial charge on any atom is 0.250 e. The molecular formula is C14H20N3O2+. The van der Waals surface area contributed by atoms with Crippen LogP contribution in [0.2, 0.25) is 0 Å². The van der Waals surface area contributed by atoms with E-state index in [2.05, 4.69) is 6.07 Å². The molecule has 2 aliphatic heterocycles. The Balaban J connectivity index is 1.80. The highest BCUT2D eigenvalue weighted by atomic mass is 16.1. The minimum Gasteiger partial charge on any atom is -0.369 e. The molecule has 1 fully saturated rings. The molecule has 5 nitrogen and oxygen atoms in total. The van der Waals surface area contributed by atoms with Crippen molar-refractivity contribution >= 4 is 5.91 Å². The van der Waals surface area contributed by atoms with Crippen LogP contribution in [0.1, 0.15) is 24.5 Å². The fourth-order valence-electron chi connectivity index (χ4n) is 3.62. The highest BCUT2D eigenvalue weighted by Crippen LogP contribution is 2.29. The monoisotopic (exact) mass is 262 g/mol. The van der Waals surface area contributed by atoms with E-state index in [4.69, 9.17) is 5.73 Å². The molecule has 1 aromatic rings. The summed E-state index contributed by atoms with van der Waals surface area (Å²) in [4.78, 5) is 24.2. The molecule has 3 heterocycles. The van der Waals surface area contributed by atoms with E-state index in [1.54, 1.807) is 6.07 Å². The third-order valence-electron chi connectivity index (χ3n) is 4.40. The summed E-state index contributed by atoms with van der Waals surface area (Å²) >= 11 is 0. The van der Waals surface area contributed by atoms with E-state index < -0.39 is 0 Å². The van der Waals surface area contributed by atoms with Gasteiger partial charge in [-0.2, -0.15) is 0 Å². The maximum absolute atomic E-state index is 11.9. The number of piperidine rings is 1. The summed E-state index contributed by atoms with van der Waals surface area (Å²) in [6.45, 7) is 3.70. The third-order valence-corrected chi connectivity index (χ3v) is 4.40. The first kappa shape index (κ1) is 12.4. The topological polar surface area (TPSA) is 69.5 Å². The summed E-state index contributed by atoms with van der Waals surface area (Å²) in [7, 11) is 0. The van der Waals surface area contributed by atoms with Gasteiger partial charge in [0.25, 0.3) is 5.56 Å². The number of likely N-dealkylation sites (tertiary alicyclic amines) is 1. The molecule has 19 heavy (non-hydrogen) atoms. The van der Waals surface area contributed by atoms with Crippen LogP contribution in [0.15, 0.2) is 23.0 Å². The lowest BCUT2D eigenvalue weighted by Crippen LogP contribution is -3.14. The van der Waals surface area contributed by atoms with Crippen LogP contribution in [0, 0.1) is 5.92 Å². The van der Waals surface area contributed by atoms with Crippen LogP contribution < -0.4 is 16.2 Å². The Morgan fingerprint density at radius 1 is 1.42 bits per heavy atom. The van der Waals surface area contributed by atoms with Crippen LogP contribution in [0.3, 0.4) is 0 Å². The molecule has 1 saturated heterocycles. The number of nitrogens with zero attached hydrogens (tertiary/aromatic N) is 1. The van der Waals surface area contributed by atoms with Gasteiger partial charge in [-0.15, -0.1) is 0 Å². The average Bonchev–Trinajstić information content (AvgIpc) is 2.38. The lowest BCUT2D eigenvalue weighted by molar-refractivity contribution is -0.910. The Morgan fingerprint density at radius 2 is 2.26 bits per heavy atom. The second kappa shape index (κ2) is 4.81. The molecule has 5 heteroatoms. The number of quaternary nitrogens is 1. The number of fused-ring (bicyclic) bond motifs is 4. The number of hydrogen-bond acceptors (Lipinski definition) is 2. The lowest BCUT2D eigenvalue weighted by Gasteiger charge is -2.40. The molecule has 2 bridgehead atoms. The number of hydrogen-bond donors (Lipinski definition) is 2. The maximum atomic E-state index is 11.9. The van der Waals surface area contributed by atoms with E-state index >= 15 is 0 Å². The van der Waals surface area contributed by atoms with Crippen molar-refractivity contribution in [2.75, 3.05) is 19.6 Å². The predicted octanol–water partition coefficient (Wildman–Crippen LogP) is -1.27. The second-order valence-electron chi connectivity index (χ2n) is 5.82. The molecule has 0 spiro atoms. The molecular weight excluding hydrogens is 242 g/mol. The van der Waals surface area contributed by atoms with Crippen LogP contribution >= 0.6 is 0 Å². The van der Waals surface area contributed by atoms with Crippen molar-refractivity contribution in [1.82, 2.24) is 4.57 Å². The molecule has 102 valence electrons. The minimum atomic E-state index is -0.222. The van der Waals surface area contributed by atoms with Crippen molar-refractivity contribution in [1.29, 1.82) is 0 Å². The molecule has 2 aliphatic rings. The van der Waals surface area contributed by atoms with Crippen molar-refractivity contribution < 1.29 is 9.69 Å². The fourth-order valence-corrected chi connectivity index (χ4v) is 3.62. The minimum absolute atomic E-state index is 0.118. The van der Waals surface area contributed by atoms with E-state index in [9.17, 15) is 9.59 Å². The molecule has 1 amide bonds. The van der Waals surface area contributed by atoms with Gasteiger partial charge in [-0.1, -0.05) is 6.07 Å². The number of carbonyl (C=O) groups excluding carboxylic acids is 1. The zero-order valence-corrected chi connectivity index (χ0v) is 11.0. The van der Waals surface area contributed by atoms with Crippen LogP contribution in [0.4, 0.5) is 0 Å². The van der Waals surface area contributed by atoms with Gasteiger partial charge in [0.1, 0.15) is 0 Å². The highest BCUT2D eigenvalue weighted by Gasteiger charge is 2.36. The number of primary amides is 1. The van der Waals surface area contributed by atoms with Gasteiger partial charge in [-0.25, -0.2) is 0 Å². The number of rotatable bonds is 3. The van der Waals surface area contributed by atoms with Crippen LogP contribution in [0.25, 0.3) is 0 Å². The van der Waals surface area contributed by atoms with Crippen LogP contribution in [-0.4, -0.2) is 30.1 Å². The van der Waals surface area contributed by atoms with Gasteiger partial charge in [0.05, 0.1) is 26.1 Å². The summed E-state index contributed by atoms with van der Waals surface area (Å²) < 4.78 is 1.93. The van der Waals surface area contributed by atoms with Gasteiger partial charge in [0.15, 0.2) is 0 Å². The Kier molecular flexibility index (Phi) is 3.14. The zero-order valence-electron chi connectivity index (χ0n) is 11.0. The number of nitrogens with one attached hydrogen (secondary N) is 1. The Labute approximate surface area is 112 Å². The average molecular weight is 262 g/mol. The normalized spacial score (nSPS) is 28.7. The number of aromatic nitrogens is 1. The largest absolute Gasteiger partial charge is 0.369 e. The number of nitrogens with two attached hydrogens (primary N) is 1. The van der Waals surface area contributed by atoms with E-state index in [1.165, 1.54) is 17.0 Å². The smallest absolute Gasteiger partial charge is 0.250 e. The molecule has 0 aromatic carbocycles. The Morgan fingerprint density at radius 3 is 3.05 bits per heavy atom. The van der Waals surface area contributed by atoms with Crippen LogP contribution in [0.5, 0.6) is 0 Å². The fraction of sp³-hybridized carbons (Fsp3) is 0.571. The summed E-state index contributed by atoms with van der Waals surface area (Å²) in [6.07, 6.45) is 1.62. The van der Waals surface area contributed by atoms with Crippen molar-refractivity contribution in [3.8, 4) is 0 Å². The molecule has 0 radical (unpaired) electrons. The number of amides is 1. The van der Waals surface area contributed by atoms with Crippen molar-refractivity contribution in [2.24, 2.45) is 11.7 Å². The summed E-state index contributed by atoms with van der Waals surface area (Å²) in [6, 6.07) is 5.56. The summed E-state index contributed by atoms with van der Waals surface area (Å²) in [5, 5.41) is 0. The van der Waals surface area contributed by atoms with E-state index in [0.717, 1.165) is 26.2 Å². The van der Waals surface area contributed by atoms with Crippen molar-refractivity contribution in [3.05, 3.63) is 34.2 Å². The zero-order chi connectivity index (χ0) is 13.4. The molecule has 1 aromatic heterocycles. The lowest BCUT2D eigenvalue weighted by atomic mass is 9.83. The Hall–Kier alpha value is -1.62. The van der Waals surface area contributed by atoms with Gasteiger partial charge in [-0.05, 0) is 12.5 Å². The van der Waals surface area contributed by atoms with Gasteiger partial charge in [0.2, 0.25) is 5.91 Å². The quantitative estimate of drug-likeness (QED) is 0.713. The standard InChI is InChI=1S/C14H19N3O2/c15-13(18)4-5-16-7-10-6-11(9-16)12-2-1-3-14(19)17(12)8-10/h1-3,10-11H,4-9H2,(H2,15,18)/p+1/t10-,11+/m0/s1. The van der Waals surface area contributed by atoms with Gasteiger partial charge in [-0.3, -0.25) is 9.59 Å². The summed E-state index contributed by atoms with van der Waals surface area (Å²) in [5.74, 6) is 0.776. The van der Waals surface area contributed by atoms with E-state index in [0.29, 0.717) is 18.3 Å². The molecule has 3 atom stereocenters. The first-order valence-corrected chi connectivity index (χ1v) is 6.95. The van der Waals surface area contributed by atoms with Crippen molar-refractivity contribution in [2.45, 2.75) is 25.3 Å². The molecule has 3 N–H and O–H groups in total. The van der Waals surface area contributed by atoms with Gasteiger partial charge >= 0.3 is 0 Å². The van der Waals surface area contributed by atoms with Crippen LogP contribution in [-0.2, 0) is 11.3 Å².